The minimum Gasteiger partial charge on any atom is -0.452 e. The number of carbonyl (C=O) groups excluding carboxylic acids is 2. The smallest absolute Gasteiger partial charge is 0.339 e. The van der Waals surface area contributed by atoms with Gasteiger partial charge in [0.25, 0.3) is 11.9 Å². The van der Waals surface area contributed by atoms with Crippen LogP contribution in [0.1, 0.15) is 27.4 Å². The van der Waals surface area contributed by atoms with Crippen molar-refractivity contribution in [1.29, 1.82) is 0 Å². The van der Waals surface area contributed by atoms with Crippen LogP contribution >= 0.6 is 11.3 Å². The highest BCUT2D eigenvalue weighted by Gasteiger charge is 2.15. The summed E-state index contributed by atoms with van der Waals surface area (Å²) in [5, 5.41) is 10.4. The number of anilines is 1. The molecule has 0 aromatic carbocycles. The molecule has 9 heteroatoms. The number of aryl methyl sites for hydroxylation is 3. The Bertz CT molecular complexity index is 929. The van der Waals surface area contributed by atoms with Gasteiger partial charge < -0.3 is 10.1 Å². The number of rotatable bonds is 5. The minimum atomic E-state index is -0.538. The molecular formula is C17H17N5O3S. The second-order valence-corrected chi connectivity index (χ2v) is 6.45. The Morgan fingerprint density at radius 3 is 2.54 bits per heavy atom. The number of carbonyl (C=O) groups is 2. The van der Waals surface area contributed by atoms with Gasteiger partial charge in [0, 0.05) is 22.8 Å². The van der Waals surface area contributed by atoms with Crippen molar-refractivity contribution >= 4 is 29.0 Å². The van der Waals surface area contributed by atoms with Crippen molar-refractivity contribution in [2.45, 2.75) is 20.8 Å². The molecule has 0 bridgehead atoms. The zero-order chi connectivity index (χ0) is 18.7. The van der Waals surface area contributed by atoms with Crippen LogP contribution in [-0.4, -0.2) is 38.2 Å². The monoisotopic (exact) mass is 371 g/mol. The van der Waals surface area contributed by atoms with E-state index in [1.807, 2.05) is 19.9 Å². The molecule has 3 rings (SSSR count). The SMILES string of the molecule is Cc1cc(C)nc(-n2nc(C)cc2NC(=O)COC(=O)c2ccsc2)n1. The van der Waals surface area contributed by atoms with E-state index >= 15 is 0 Å². The number of ether oxygens (including phenoxy) is 1. The van der Waals surface area contributed by atoms with Gasteiger partial charge >= 0.3 is 5.97 Å². The first kappa shape index (κ1) is 17.7. The van der Waals surface area contributed by atoms with Crippen LogP contribution in [0.15, 0.2) is 29.0 Å². The summed E-state index contributed by atoms with van der Waals surface area (Å²) in [7, 11) is 0. The van der Waals surface area contributed by atoms with Crippen molar-refractivity contribution in [2.75, 3.05) is 11.9 Å². The Balaban J connectivity index is 1.72. The Morgan fingerprint density at radius 1 is 1.15 bits per heavy atom. The first-order chi connectivity index (χ1) is 12.4. The molecule has 0 spiro atoms. The fraction of sp³-hybridized carbons (Fsp3) is 0.235. The van der Waals surface area contributed by atoms with Gasteiger partial charge in [0.15, 0.2) is 6.61 Å². The van der Waals surface area contributed by atoms with Crippen molar-refractivity contribution in [3.8, 4) is 5.95 Å². The zero-order valence-electron chi connectivity index (χ0n) is 14.5. The van der Waals surface area contributed by atoms with Crippen LogP contribution < -0.4 is 5.32 Å². The molecule has 26 heavy (non-hydrogen) atoms. The van der Waals surface area contributed by atoms with E-state index in [9.17, 15) is 9.59 Å². The van der Waals surface area contributed by atoms with Gasteiger partial charge in [0.1, 0.15) is 5.82 Å². The number of hydrogen-bond donors (Lipinski definition) is 1. The molecular weight excluding hydrogens is 354 g/mol. The summed E-state index contributed by atoms with van der Waals surface area (Å²) in [5.41, 5.74) is 2.70. The fourth-order valence-corrected chi connectivity index (χ4v) is 2.94. The highest BCUT2D eigenvalue weighted by atomic mass is 32.1. The predicted octanol–water partition coefficient (Wildman–Crippen LogP) is 2.44. The molecule has 0 radical (unpaired) electrons. The summed E-state index contributed by atoms with van der Waals surface area (Å²) in [4.78, 5) is 32.6. The number of nitrogens with one attached hydrogen (secondary N) is 1. The van der Waals surface area contributed by atoms with Crippen LogP contribution in [0.5, 0.6) is 0 Å². The third-order valence-corrected chi connectivity index (χ3v) is 4.03. The first-order valence-corrected chi connectivity index (χ1v) is 8.75. The lowest BCUT2D eigenvalue weighted by Crippen LogP contribution is -2.22. The molecule has 0 atom stereocenters. The van der Waals surface area contributed by atoms with Crippen molar-refractivity contribution in [3.05, 3.63) is 51.6 Å². The Kier molecular flexibility index (Phi) is 5.08. The van der Waals surface area contributed by atoms with Gasteiger partial charge in [-0.2, -0.15) is 21.1 Å². The lowest BCUT2D eigenvalue weighted by atomic mass is 10.3. The molecule has 0 aliphatic carbocycles. The van der Waals surface area contributed by atoms with E-state index in [2.05, 4.69) is 20.4 Å². The van der Waals surface area contributed by atoms with E-state index in [4.69, 9.17) is 4.74 Å². The second-order valence-electron chi connectivity index (χ2n) is 5.67. The van der Waals surface area contributed by atoms with Crippen LogP contribution in [-0.2, 0) is 9.53 Å². The number of amides is 1. The van der Waals surface area contributed by atoms with Crippen molar-refractivity contribution in [1.82, 2.24) is 19.7 Å². The van der Waals surface area contributed by atoms with Crippen molar-refractivity contribution in [2.24, 2.45) is 0 Å². The van der Waals surface area contributed by atoms with Crippen LogP contribution in [0.2, 0.25) is 0 Å². The molecule has 3 heterocycles. The molecule has 8 nitrogen and oxygen atoms in total. The molecule has 0 aliphatic rings. The van der Waals surface area contributed by atoms with Crippen LogP contribution in [0.25, 0.3) is 5.95 Å². The zero-order valence-corrected chi connectivity index (χ0v) is 15.3. The largest absolute Gasteiger partial charge is 0.452 e. The van der Waals surface area contributed by atoms with Crippen LogP contribution in [0, 0.1) is 20.8 Å². The maximum absolute atomic E-state index is 12.1. The van der Waals surface area contributed by atoms with E-state index in [-0.39, 0.29) is 0 Å². The summed E-state index contributed by atoms with van der Waals surface area (Å²) in [6, 6.07) is 5.18. The van der Waals surface area contributed by atoms with Gasteiger partial charge in [0.05, 0.1) is 11.3 Å². The standard InChI is InChI=1S/C17H17N5O3S/c1-10-6-11(2)19-17(18-10)22-14(7-12(3)21-22)20-15(23)8-25-16(24)13-4-5-26-9-13/h4-7,9H,8H2,1-3H3,(H,20,23). The third kappa shape index (κ3) is 4.12. The lowest BCUT2D eigenvalue weighted by molar-refractivity contribution is -0.119. The Hall–Kier alpha value is -3.07. The van der Waals surface area contributed by atoms with E-state index in [1.165, 1.54) is 16.0 Å². The molecule has 3 aromatic rings. The number of esters is 1. The highest BCUT2D eigenvalue weighted by Crippen LogP contribution is 2.15. The van der Waals surface area contributed by atoms with Gasteiger partial charge in [-0.3, -0.25) is 4.79 Å². The molecule has 0 saturated carbocycles. The molecule has 0 fully saturated rings. The van der Waals surface area contributed by atoms with Gasteiger partial charge in [-0.05, 0) is 38.3 Å². The molecule has 0 aliphatic heterocycles. The van der Waals surface area contributed by atoms with E-state index in [0.717, 1.165) is 11.4 Å². The summed E-state index contributed by atoms with van der Waals surface area (Å²) in [6.45, 7) is 5.12. The molecule has 1 amide bonds. The average molecular weight is 371 g/mol. The average Bonchev–Trinajstić information content (AvgIpc) is 3.21. The van der Waals surface area contributed by atoms with Crippen LogP contribution in [0.3, 0.4) is 0 Å². The Labute approximate surface area is 153 Å². The summed E-state index contributed by atoms with van der Waals surface area (Å²) in [6.07, 6.45) is 0. The molecule has 134 valence electrons. The summed E-state index contributed by atoms with van der Waals surface area (Å²) in [5.74, 6) is -0.243. The lowest BCUT2D eigenvalue weighted by Gasteiger charge is -2.09. The third-order valence-electron chi connectivity index (χ3n) is 3.35. The molecule has 0 saturated heterocycles. The number of thiophene rings is 1. The number of hydrogen-bond acceptors (Lipinski definition) is 7. The Morgan fingerprint density at radius 2 is 1.88 bits per heavy atom. The van der Waals surface area contributed by atoms with E-state index in [0.29, 0.717) is 23.0 Å². The van der Waals surface area contributed by atoms with E-state index < -0.39 is 18.5 Å². The number of aromatic nitrogens is 4. The van der Waals surface area contributed by atoms with E-state index in [1.54, 1.807) is 29.8 Å². The summed E-state index contributed by atoms with van der Waals surface area (Å²) < 4.78 is 6.46. The number of nitrogens with zero attached hydrogens (tertiary/aromatic N) is 4. The highest BCUT2D eigenvalue weighted by molar-refractivity contribution is 7.08. The summed E-state index contributed by atoms with van der Waals surface area (Å²) >= 11 is 1.38. The quantitative estimate of drug-likeness (QED) is 0.692. The second kappa shape index (κ2) is 7.44. The fourth-order valence-electron chi connectivity index (χ4n) is 2.32. The predicted molar refractivity (Wildman–Crippen MR) is 96.6 cm³/mol. The molecule has 3 aromatic heterocycles. The van der Waals surface area contributed by atoms with Crippen molar-refractivity contribution < 1.29 is 14.3 Å². The van der Waals surface area contributed by atoms with Crippen molar-refractivity contribution in [3.63, 3.8) is 0 Å². The molecule has 1 N–H and O–H groups in total. The van der Waals surface area contributed by atoms with Gasteiger partial charge in [-0.25, -0.2) is 14.8 Å². The van der Waals surface area contributed by atoms with Gasteiger partial charge in [0.2, 0.25) is 0 Å². The van der Waals surface area contributed by atoms with Gasteiger partial charge in [-0.15, -0.1) is 0 Å². The minimum absolute atomic E-state index is 0.362. The topological polar surface area (TPSA) is 99.0 Å². The maximum atomic E-state index is 12.1. The maximum Gasteiger partial charge on any atom is 0.339 e. The van der Waals surface area contributed by atoms with Gasteiger partial charge in [-0.1, -0.05) is 0 Å². The normalized spacial score (nSPS) is 10.6. The first-order valence-electron chi connectivity index (χ1n) is 7.81. The molecule has 0 unspecified atom stereocenters. The van der Waals surface area contributed by atoms with Crippen LogP contribution in [0.4, 0.5) is 5.82 Å².